The predicted molar refractivity (Wildman–Crippen MR) is 83.2 cm³/mol. The van der Waals surface area contributed by atoms with Crippen LogP contribution in [0.15, 0.2) is 30.9 Å². The van der Waals surface area contributed by atoms with E-state index in [1.54, 1.807) is 6.33 Å². The third-order valence-electron chi connectivity index (χ3n) is 4.14. The minimum absolute atomic E-state index is 0.998. The molecule has 5 nitrogen and oxygen atoms in total. The smallest absolute Gasteiger partial charge is 0.135 e. The van der Waals surface area contributed by atoms with Gasteiger partial charge in [0.2, 0.25) is 0 Å². The molecule has 1 saturated heterocycles. The van der Waals surface area contributed by atoms with Gasteiger partial charge in [-0.15, -0.1) is 0 Å². The number of aromatic nitrogens is 3. The van der Waals surface area contributed by atoms with Crippen molar-refractivity contribution in [1.29, 1.82) is 0 Å². The van der Waals surface area contributed by atoms with Gasteiger partial charge in [-0.05, 0) is 31.5 Å². The highest BCUT2D eigenvalue weighted by Crippen LogP contribution is 2.20. The molecule has 1 fully saturated rings. The van der Waals surface area contributed by atoms with Crippen molar-refractivity contribution in [1.82, 2.24) is 19.9 Å². The molecule has 5 heteroatoms. The number of aryl methyl sites for hydroxylation is 1. The Hall–Kier alpha value is -2.01. The predicted octanol–water partition coefficient (Wildman–Crippen LogP) is 1.81. The average Bonchev–Trinajstić information content (AvgIpc) is 2.52. The van der Waals surface area contributed by atoms with Crippen molar-refractivity contribution in [2.45, 2.75) is 20.4 Å². The zero-order valence-corrected chi connectivity index (χ0v) is 12.7. The van der Waals surface area contributed by atoms with E-state index >= 15 is 0 Å². The third-order valence-corrected chi connectivity index (χ3v) is 4.14. The molecule has 0 saturated carbocycles. The third kappa shape index (κ3) is 3.19. The number of hydrogen-bond acceptors (Lipinski definition) is 5. The lowest BCUT2D eigenvalue weighted by Gasteiger charge is -2.36. The van der Waals surface area contributed by atoms with E-state index in [1.807, 2.05) is 19.3 Å². The average molecular weight is 283 g/mol. The molecule has 1 aliphatic heterocycles. The molecule has 21 heavy (non-hydrogen) atoms. The Balaban J connectivity index is 1.61. The molecular formula is C16H21N5. The van der Waals surface area contributed by atoms with Gasteiger partial charge in [0, 0.05) is 56.4 Å². The molecule has 110 valence electrons. The molecule has 0 unspecified atom stereocenters. The molecule has 3 rings (SSSR count). The Morgan fingerprint density at radius 3 is 2.43 bits per heavy atom. The van der Waals surface area contributed by atoms with Crippen LogP contribution in [-0.2, 0) is 6.54 Å². The summed E-state index contributed by atoms with van der Waals surface area (Å²) in [6, 6.07) is 4.18. The molecule has 0 bridgehead atoms. The normalized spacial score (nSPS) is 16.2. The van der Waals surface area contributed by atoms with Gasteiger partial charge in [-0.25, -0.2) is 9.97 Å². The van der Waals surface area contributed by atoms with Crippen molar-refractivity contribution in [3.05, 3.63) is 47.7 Å². The Labute approximate surface area is 125 Å². The number of anilines is 1. The van der Waals surface area contributed by atoms with E-state index in [-0.39, 0.29) is 0 Å². The fourth-order valence-corrected chi connectivity index (χ4v) is 2.71. The summed E-state index contributed by atoms with van der Waals surface area (Å²) in [5.74, 6) is 1.09. The van der Waals surface area contributed by atoms with Crippen molar-refractivity contribution in [2.24, 2.45) is 0 Å². The standard InChI is InChI=1S/C16H21N5/c1-13-14(2)18-12-19-16(13)21-9-7-20(8-10-21)11-15-3-5-17-6-4-15/h3-6,12H,7-11H2,1-2H3. The lowest BCUT2D eigenvalue weighted by atomic mass is 10.2. The van der Waals surface area contributed by atoms with E-state index in [4.69, 9.17) is 0 Å². The van der Waals surface area contributed by atoms with Gasteiger partial charge in [0.1, 0.15) is 12.1 Å². The maximum atomic E-state index is 4.46. The van der Waals surface area contributed by atoms with E-state index < -0.39 is 0 Å². The Kier molecular flexibility index (Phi) is 4.10. The highest BCUT2D eigenvalue weighted by molar-refractivity contribution is 5.47. The van der Waals surface area contributed by atoms with Crippen LogP contribution in [0.2, 0.25) is 0 Å². The van der Waals surface area contributed by atoms with Crippen molar-refractivity contribution in [3.63, 3.8) is 0 Å². The number of piperazine rings is 1. The Bertz CT molecular complexity index is 591. The zero-order valence-electron chi connectivity index (χ0n) is 12.7. The van der Waals surface area contributed by atoms with E-state index in [0.29, 0.717) is 0 Å². The van der Waals surface area contributed by atoms with E-state index in [0.717, 1.165) is 44.2 Å². The lowest BCUT2D eigenvalue weighted by molar-refractivity contribution is 0.249. The van der Waals surface area contributed by atoms with E-state index in [2.05, 4.69) is 43.8 Å². The van der Waals surface area contributed by atoms with Crippen molar-refractivity contribution in [3.8, 4) is 0 Å². The summed E-state index contributed by atoms with van der Waals surface area (Å²) in [4.78, 5) is 17.6. The van der Waals surface area contributed by atoms with Gasteiger partial charge in [-0.2, -0.15) is 0 Å². The first kappa shape index (κ1) is 13.9. The molecule has 0 aliphatic carbocycles. The number of hydrogen-bond donors (Lipinski definition) is 0. The first-order valence-corrected chi connectivity index (χ1v) is 7.38. The molecule has 1 aliphatic rings. The fraction of sp³-hybridized carbons (Fsp3) is 0.438. The summed E-state index contributed by atoms with van der Waals surface area (Å²) in [6.45, 7) is 9.30. The molecule has 0 atom stereocenters. The molecular weight excluding hydrogens is 262 g/mol. The summed E-state index contributed by atoms with van der Waals surface area (Å²) < 4.78 is 0. The topological polar surface area (TPSA) is 45.2 Å². The van der Waals surface area contributed by atoms with Crippen LogP contribution < -0.4 is 4.90 Å². The number of nitrogens with zero attached hydrogens (tertiary/aromatic N) is 5. The van der Waals surface area contributed by atoms with Gasteiger partial charge in [-0.3, -0.25) is 9.88 Å². The van der Waals surface area contributed by atoms with Crippen LogP contribution in [0.3, 0.4) is 0 Å². The first-order chi connectivity index (χ1) is 10.2. The Morgan fingerprint density at radius 2 is 1.71 bits per heavy atom. The number of rotatable bonds is 3. The molecule has 2 aromatic heterocycles. The minimum Gasteiger partial charge on any atom is -0.354 e. The van der Waals surface area contributed by atoms with Crippen molar-refractivity contribution in [2.75, 3.05) is 31.1 Å². The van der Waals surface area contributed by atoms with Crippen LogP contribution in [0.5, 0.6) is 0 Å². The molecule has 3 heterocycles. The van der Waals surface area contributed by atoms with E-state index in [1.165, 1.54) is 11.1 Å². The second kappa shape index (κ2) is 6.18. The molecule has 2 aromatic rings. The van der Waals surface area contributed by atoms with Crippen molar-refractivity contribution >= 4 is 5.82 Å². The monoisotopic (exact) mass is 283 g/mol. The highest BCUT2D eigenvalue weighted by Gasteiger charge is 2.20. The largest absolute Gasteiger partial charge is 0.354 e. The van der Waals surface area contributed by atoms with Gasteiger partial charge in [0.05, 0.1) is 0 Å². The second-order valence-corrected chi connectivity index (χ2v) is 5.53. The quantitative estimate of drug-likeness (QED) is 0.859. The van der Waals surface area contributed by atoms with Crippen LogP contribution in [0, 0.1) is 13.8 Å². The van der Waals surface area contributed by atoms with Gasteiger partial charge < -0.3 is 4.90 Å². The maximum Gasteiger partial charge on any atom is 0.135 e. The maximum absolute atomic E-state index is 4.46. The van der Waals surface area contributed by atoms with Crippen LogP contribution in [0.25, 0.3) is 0 Å². The lowest BCUT2D eigenvalue weighted by Crippen LogP contribution is -2.46. The van der Waals surface area contributed by atoms with Crippen LogP contribution in [-0.4, -0.2) is 46.0 Å². The summed E-state index contributed by atoms with van der Waals surface area (Å²) >= 11 is 0. The molecule has 0 N–H and O–H groups in total. The Morgan fingerprint density at radius 1 is 1.00 bits per heavy atom. The fourth-order valence-electron chi connectivity index (χ4n) is 2.71. The zero-order chi connectivity index (χ0) is 14.7. The first-order valence-electron chi connectivity index (χ1n) is 7.38. The van der Waals surface area contributed by atoms with Crippen molar-refractivity contribution < 1.29 is 0 Å². The van der Waals surface area contributed by atoms with Crippen LogP contribution in [0.4, 0.5) is 5.82 Å². The van der Waals surface area contributed by atoms with Crippen LogP contribution >= 0.6 is 0 Å². The second-order valence-electron chi connectivity index (χ2n) is 5.53. The molecule has 0 amide bonds. The van der Waals surface area contributed by atoms with Gasteiger partial charge in [0.25, 0.3) is 0 Å². The number of pyridine rings is 1. The SMILES string of the molecule is Cc1ncnc(N2CCN(Cc3ccncc3)CC2)c1C. The molecule has 0 aromatic carbocycles. The minimum atomic E-state index is 0.998. The van der Waals surface area contributed by atoms with Crippen LogP contribution in [0.1, 0.15) is 16.8 Å². The van der Waals surface area contributed by atoms with Gasteiger partial charge in [0.15, 0.2) is 0 Å². The van der Waals surface area contributed by atoms with Gasteiger partial charge in [-0.1, -0.05) is 0 Å². The summed E-state index contributed by atoms with van der Waals surface area (Å²) in [7, 11) is 0. The highest BCUT2D eigenvalue weighted by atomic mass is 15.3. The molecule has 0 radical (unpaired) electrons. The summed E-state index contributed by atoms with van der Waals surface area (Å²) in [5.41, 5.74) is 3.59. The van der Waals surface area contributed by atoms with Gasteiger partial charge >= 0.3 is 0 Å². The van der Waals surface area contributed by atoms with E-state index in [9.17, 15) is 0 Å². The molecule has 0 spiro atoms. The summed E-state index contributed by atoms with van der Waals surface area (Å²) in [5, 5.41) is 0. The summed E-state index contributed by atoms with van der Waals surface area (Å²) in [6.07, 6.45) is 5.39.